The number of nitrogens with one attached hydrogen (secondary N) is 1. The summed E-state index contributed by atoms with van der Waals surface area (Å²) in [5.41, 5.74) is 0.991. The molecule has 0 heterocycles. The van der Waals surface area contributed by atoms with Crippen molar-refractivity contribution in [3.8, 4) is 5.75 Å². The van der Waals surface area contributed by atoms with E-state index in [2.05, 4.69) is 23.9 Å². The summed E-state index contributed by atoms with van der Waals surface area (Å²) >= 11 is 0. The summed E-state index contributed by atoms with van der Waals surface area (Å²) in [7, 11) is 0. The molecule has 0 aromatic heterocycles. The van der Waals surface area contributed by atoms with Crippen molar-refractivity contribution in [3.05, 3.63) is 29.8 Å². The third-order valence-corrected chi connectivity index (χ3v) is 3.34. The summed E-state index contributed by atoms with van der Waals surface area (Å²) in [6, 6.07) is 6.73. The molecule has 1 aromatic carbocycles. The normalized spacial score (nSPS) is 15.0. The lowest BCUT2D eigenvalue weighted by molar-refractivity contribution is -0.0498. The van der Waals surface area contributed by atoms with Crippen LogP contribution in [0.1, 0.15) is 45.7 Å². The van der Waals surface area contributed by atoms with Gasteiger partial charge in [-0.25, -0.2) is 0 Å². The van der Waals surface area contributed by atoms with E-state index in [0.29, 0.717) is 6.42 Å². The van der Waals surface area contributed by atoms with Gasteiger partial charge in [0.2, 0.25) is 0 Å². The first-order valence-electron chi connectivity index (χ1n) is 7.16. The zero-order valence-corrected chi connectivity index (χ0v) is 13.1. The van der Waals surface area contributed by atoms with E-state index in [0.717, 1.165) is 12.1 Å². The van der Waals surface area contributed by atoms with Crippen LogP contribution in [0.2, 0.25) is 0 Å². The summed E-state index contributed by atoms with van der Waals surface area (Å²) in [4.78, 5) is 0. The maximum absolute atomic E-state index is 12.1. The van der Waals surface area contributed by atoms with Gasteiger partial charge in [0.05, 0.1) is 6.10 Å². The summed E-state index contributed by atoms with van der Waals surface area (Å²) in [6.45, 7) is 5.95. The van der Waals surface area contributed by atoms with Crippen molar-refractivity contribution in [1.29, 1.82) is 0 Å². The zero-order chi connectivity index (χ0) is 16.0. The maximum atomic E-state index is 12.1. The number of halogens is 2. The van der Waals surface area contributed by atoms with Gasteiger partial charge < -0.3 is 15.2 Å². The van der Waals surface area contributed by atoms with Crippen LogP contribution in [0.4, 0.5) is 8.78 Å². The highest BCUT2D eigenvalue weighted by Crippen LogP contribution is 2.24. The van der Waals surface area contributed by atoms with Crippen molar-refractivity contribution in [1.82, 2.24) is 5.32 Å². The molecule has 2 atom stereocenters. The minimum atomic E-state index is -2.80. The summed E-state index contributed by atoms with van der Waals surface area (Å²) in [5, 5.41) is 12.9. The van der Waals surface area contributed by atoms with Gasteiger partial charge in [-0.3, -0.25) is 0 Å². The van der Waals surface area contributed by atoms with Crippen LogP contribution in [0.3, 0.4) is 0 Å². The molecule has 0 aliphatic heterocycles. The molecule has 5 heteroatoms. The molecule has 1 aromatic rings. The van der Waals surface area contributed by atoms with Crippen LogP contribution >= 0.6 is 0 Å². The molecule has 0 bridgehead atoms. The lowest BCUT2D eigenvalue weighted by atomic mass is 9.86. The molecule has 2 unspecified atom stereocenters. The van der Waals surface area contributed by atoms with Gasteiger partial charge >= 0.3 is 6.61 Å². The second-order valence-electron chi connectivity index (χ2n) is 6.27. The van der Waals surface area contributed by atoms with E-state index in [1.807, 2.05) is 6.92 Å². The predicted octanol–water partition coefficient (Wildman–Crippen LogP) is 3.74. The molecule has 21 heavy (non-hydrogen) atoms. The Morgan fingerprint density at radius 1 is 1.19 bits per heavy atom. The maximum Gasteiger partial charge on any atom is 0.387 e. The minimum absolute atomic E-state index is 0.0127. The van der Waals surface area contributed by atoms with Gasteiger partial charge in [-0.1, -0.05) is 26.0 Å². The van der Waals surface area contributed by atoms with Crippen LogP contribution in [-0.2, 0) is 0 Å². The number of ether oxygens (including phenoxy) is 1. The Kier molecular flexibility index (Phi) is 6.55. The quantitative estimate of drug-likeness (QED) is 0.768. The molecule has 3 nitrogen and oxygen atoms in total. The summed E-state index contributed by atoms with van der Waals surface area (Å²) in [5.74, 6) is 0.162. The molecular weight excluding hydrogens is 276 g/mol. The Morgan fingerprint density at radius 3 is 2.24 bits per heavy atom. The summed E-state index contributed by atoms with van der Waals surface area (Å²) in [6.07, 6.45) is 0.385. The molecule has 0 saturated heterocycles. The standard InChI is InChI=1S/C16H25F2NO2/c1-11(20)9-16(3,4)10-19-12(2)13-5-7-14(8-6-13)21-15(17)18/h5-8,11-12,15,19-20H,9-10H2,1-4H3. The highest BCUT2D eigenvalue weighted by molar-refractivity contribution is 5.28. The molecule has 0 fully saturated rings. The Bertz CT molecular complexity index is 419. The smallest absolute Gasteiger partial charge is 0.387 e. The van der Waals surface area contributed by atoms with Crippen molar-refractivity contribution < 1.29 is 18.6 Å². The molecule has 1 rings (SSSR count). The molecule has 120 valence electrons. The van der Waals surface area contributed by atoms with Crippen molar-refractivity contribution in [3.63, 3.8) is 0 Å². The highest BCUT2D eigenvalue weighted by atomic mass is 19.3. The van der Waals surface area contributed by atoms with E-state index in [9.17, 15) is 13.9 Å². The van der Waals surface area contributed by atoms with Gasteiger partial charge in [-0.15, -0.1) is 0 Å². The number of aliphatic hydroxyl groups is 1. The van der Waals surface area contributed by atoms with Crippen LogP contribution in [0.15, 0.2) is 24.3 Å². The van der Waals surface area contributed by atoms with E-state index < -0.39 is 6.61 Å². The molecule has 0 spiro atoms. The first-order valence-corrected chi connectivity index (χ1v) is 7.16. The molecule has 2 N–H and O–H groups in total. The second-order valence-corrected chi connectivity index (χ2v) is 6.27. The van der Waals surface area contributed by atoms with Crippen molar-refractivity contribution in [2.45, 2.75) is 52.9 Å². The van der Waals surface area contributed by atoms with Gasteiger partial charge in [0, 0.05) is 12.6 Å². The average molecular weight is 301 g/mol. The van der Waals surface area contributed by atoms with Crippen LogP contribution in [0, 0.1) is 5.41 Å². The number of alkyl halides is 2. The van der Waals surface area contributed by atoms with Gasteiger partial charge in [-0.05, 0) is 43.4 Å². The molecule has 0 aliphatic carbocycles. The Labute approximate surface area is 125 Å². The van der Waals surface area contributed by atoms with Crippen LogP contribution in [0.25, 0.3) is 0 Å². The first-order chi connectivity index (χ1) is 9.69. The average Bonchev–Trinajstić information content (AvgIpc) is 2.34. The van der Waals surface area contributed by atoms with Crippen molar-refractivity contribution in [2.75, 3.05) is 6.54 Å². The van der Waals surface area contributed by atoms with E-state index in [-0.39, 0.29) is 23.3 Å². The Hall–Kier alpha value is -1.20. The van der Waals surface area contributed by atoms with Gasteiger partial charge in [0.1, 0.15) is 5.75 Å². The molecule has 0 saturated carbocycles. The summed E-state index contributed by atoms with van der Waals surface area (Å²) < 4.78 is 28.5. The van der Waals surface area contributed by atoms with Crippen LogP contribution in [0.5, 0.6) is 5.75 Å². The van der Waals surface area contributed by atoms with Crippen molar-refractivity contribution >= 4 is 0 Å². The van der Waals surface area contributed by atoms with Crippen LogP contribution < -0.4 is 10.1 Å². The number of benzene rings is 1. The fourth-order valence-electron chi connectivity index (χ4n) is 2.36. The second kappa shape index (κ2) is 7.71. The third-order valence-electron chi connectivity index (χ3n) is 3.34. The lowest BCUT2D eigenvalue weighted by Crippen LogP contribution is -2.33. The lowest BCUT2D eigenvalue weighted by Gasteiger charge is -2.28. The Balaban J connectivity index is 2.53. The van der Waals surface area contributed by atoms with E-state index in [1.165, 1.54) is 0 Å². The van der Waals surface area contributed by atoms with Gasteiger partial charge in [-0.2, -0.15) is 8.78 Å². The molecule has 0 radical (unpaired) electrons. The van der Waals surface area contributed by atoms with E-state index in [1.54, 1.807) is 31.2 Å². The third kappa shape index (κ3) is 6.87. The largest absolute Gasteiger partial charge is 0.435 e. The molecular formula is C16H25F2NO2. The number of hydrogen-bond donors (Lipinski definition) is 2. The van der Waals surface area contributed by atoms with E-state index in [4.69, 9.17) is 0 Å². The Morgan fingerprint density at radius 2 is 1.76 bits per heavy atom. The number of hydrogen-bond acceptors (Lipinski definition) is 3. The van der Waals surface area contributed by atoms with Crippen molar-refractivity contribution in [2.24, 2.45) is 5.41 Å². The molecule has 0 aliphatic rings. The first kappa shape index (κ1) is 17.9. The monoisotopic (exact) mass is 301 g/mol. The number of aliphatic hydroxyl groups excluding tert-OH is 1. The van der Waals surface area contributed by atoms with E-state index >= 15 is 0 Å². The van der Waals surface area contributed by atoms with Gasteiger partial charge in [0.15, 0.2) is 0 Å². The topological polar surface area (TPSA) is 41.5 Å². The minimum Gasteiger partial charge on any atom is -0.435 e. The van der Waals surface area contributed by atoms with Crippen LogP contribution in [-0.4, -0.2) is 24.4 Å². The highest BCUT2D eigenvalue weighted by Gasteiger charge is 2.21. The fraction of sp³-hybridized carbons (Fsp3) is 0.625. The SMILES string of the molecule is CC(O)CC(C)(C)CNC(C)c1ccc(OC(F)F)cc1. The van der Waals surface area contributed by atoms with Gasteiger partial charge in [0.25, 0.3) is 0 Å². The predicted molar refractivity (Wildman–Crippen MR) is 79.6 cm³/mol. The number of rotatable bonds is 8. The zero-order valence-electron chi connectivity index (χ0n) is 13.1. The fourth-order valence-corrected chi connectivity index (χ4v) is 2.36. The molecule has 0 amide bonds.